The van der Waals surface area contributed by atoms with Crippen LogP contribution in [0.4, 0.5) is 8.78 Å². The van der Waals surface area contributed by atoms with Crippen molar-refractivity contribution in [2.24, 2.45) is 0 Å². The van der Waals surface area contributed by atoms with Crippen molar-refractivity contribution in [2.45, 2.75) is 19.3 Å². The van der Waals surface area contributed by atoms with Gasteiger partial charge < -0.3 is 5.11 Å². The molecular formula is C10H11BrF2O. The van der Waals surface area contributed by atoms with Gasteiger partial charge >= 0.3 is 0 Å². The summed E-state index contributed by atoms with van der Waals surface area (Å²) in [4.78, 5) is 0. The lowest BCUT2D eigenvalue weighted by Gasteiger charge is -2.23. The van der Waals surface area contributed by atoms with Crippen molar-refractivity contribution in [3.63, 3.8) is 0 Å². The highest BCUT2D eigenvalue weighted by molar-refractivity contribution is 9.10. The molecule has 0 aliphatic carbocycles. The molecule has 14 heavy (non-hydrogen) atoms. The Hall–Kier alpha value is -0.480. The van der Waals surface area contributed by atoms with Crippen LogP contribution in [-0.4, -0.2) is 11.7 Å². The predicted octanol–water partition coefficient (Wildman–Crippen LogP) is 3.00. The van der Waals surface area contributed by atoms with E-state index in [1.165, 1.54) is 12.1 Å². The average molecular weight is 265 g/mol. The minimum Gasteiger partial charge on any atom is -0.395 e. The molecule has 0 radical (unpaired) electrons. The van der Waals surface area contributed by atoms with Gasteiger partial charge in [-0.1, -0.05) is 19.9 Å². The fraction of sp³-hybridized carbons (Fsp3) is 0.400. The summed E-state index contributed by atoms with van der Waals surface area (Å²) < 4.78 is 26.3. The minimum absolute atomic E-state index is 0.184. The van der Waals surface area contributed by atoms with Crippen LogP contribution in [0.2, 0.25) is 0 Å². The Morgan fingerprint density at radius 1 is 1.36 bits per heavy atom. The normalized spacial score (nSPS) is 11.9. The molecule has 1 N–H and O–H groups in total. The van der Waals surface area contributed by atoms with Crippen LogP contribution < -0.4 is 0 Å². The number of hydrogen-bond acceptors (Lipinski definition) is 1. The fourth-order valence-corrected chi connectivity index (χ4v) is 1.48. The lowest BCUT2D eigenvalue weighted by molar-refractivity contribution is 0.214. The number of aliphatic hydroxyl groups is 1. The Bertz CT molecular complexity index is 350. The molecule has 1 aromatic rings. The summed E-state index contributed by atoms with van der Waals surface area (Å²) in [5.41, 5.74) is -0.409. The first-order valence-corrected chi connectivity index (χ1v) is 4.94. The largest absolute Gasteiger partial charge is 0.395 e. The molecule has 0 bridgehead atoms. The van der Waals surface area contributed by atoms with E-state index < -0.39 is 17.0 Å². The molecule has 0 aromatic heterocycles. The number of hydrogen-bond donors (Lipinski definition) is 1. The highest BCUT2D eigenvalue weighted by Crippen LogP contribution is 2.30. The van der Waals surface area contributed by atoms with E-state index in [1.54, 1.807) is 13.8 Å². The van der Waals surface area contributed by atoms with Crippen molar-refractivity contribution >= 4 is 15.9 Å². The third-order valence-corrected chi connectivity index (χ3v) is 2.89. The van der Waals surface area contributed by atoms with E-state index >= 15 is 0 Å². The van der Waals surface area contributed by atoms with Gasteiger partial charge in [0.25, 0.3) is 0 Å². The van der Waals surface area contributed by atoms with Crippen molar-refractivity contribution in [3.05, 3.63) is 33.8 Å². The van der Waals surface area contributed by atoms with E-state index in [0.29, 0.717) is 5.56 Å². The second-order valence-corrected chi connectivity index (χ2v) is 4.56. The van der Waals surface area contributed by atoms with Crippen molar-refractivity contribution in [3.8, 4) is 0 Å². The first-order valence-electron chi connectivity index (χ1n) is 4.15. The van der Waals surface area contributed by atoms with Gasteiger partial charge in [-0.2, -0.15) is 0 Å². The highest BCUT2D eigenvalue weighted by Gasteiger charge is 2.25. The number of aliphatic hydroxyl groups excluding tert-OH is 1. The van der Waals surface area contributed by atoms with Crippen LogP contribution in [0.5, 0.6) is 0 Å². The third-order valence-electron chi connectivity index (χ3n) is 2.16. The number of benzene rings is 1. The fourth-order valence-electron chi connectivity index (χ4n) is 1.13. The maximum atomic E-state index is 13.5. The molecule has 0 aliphatic rings. The van der Waals surface area contributed by atoms with Crippen molar-refractivity contribution in [1.82, 2.24) is 0 Å². The van der Waals surface area contributed by atoms with Gasteiger partial charge in [-0.25, -0.2) is 8.78 Å². The lowest BCUT2D eigenvalue weighted by atomic mass is 9.85. The van der Waals surface area contributed by atoms with E-state index in [1.807, 2.05) is 0 Å². The van der Waals surface area contributed by atoms with Crippen LogP contribution in [0.25, 0.3) is 0 Å². The zero-order chi connectivity index (χ0) is 10.9. The molecule has 0 aliphatic heterocycles. The van der Waals surface area contributed by atoms with Gasteiger partial charge in [-0.05, 0) is 27.6 Å². The van der Waals surface area contributed by atoms with E-state index in [4.69, 9.17) is 5.11 Å². The highest BCUT2D eigenvalue weighted by atomic mass is 79.9. The zero-order valence-corrected chi connectivity index (χ0v) is 9.53. The second kappa shape index (κ2) is 3.95. The molecule has 1 nitrogen and oxygen atoms in total. The second-order valence-electron chi connectivity index (χ2n) is 3.76. The molecule has 0 amide bonds. The topological polar surface area (TPSA) is 20.2 Å². The van der Waals surface area contributed by atoms with Gasteiger partial charge in [0, 0.05) is 5.41 Å². The van der Waals surface area contributed by atoms with Crippen LogP contribution in [0.3, 0.4) is 0 Å². The molecule has 0 atom stereocenters. The average Bonchev–Trinajstić information content (AvgIpc) is 2.14. The van der Waals surface area contributed by atoms with Crippen LogP contribution >= 0.6 is 15.9 Å². The lowest BCUT2D eigenvalue weighted by Crippen LogP contribution is -2.23. The van der Waals surface area contributed by atoms with Crippen molar-refractivity contribution < 1.29 is 13.9 Å². The smallest absolute Gasteiger partial charge is 0.144 e. The van der Waals surface area contributed by atoms with Crippen LogP contribution in [-0.2, 0) is 5.41 Å². The molecule has 0 saturated heterocycles. The monoisotopic (exact) mass is 264 g/mol. The Kier molecular flexibility index (Phi) is 3.27. The van der Waals surface area contributed by atoms with Gasteiger partial charge in [0.05, 0.1) is 11.1 Å². The van der Waals surface area contributed by atoms with Crippen LogP contribution in [0.1, 0.15) is 19.4 Å². The van der Waals surface area contributed by atoms with Gasteiger partial charge in [0.1, 0.15) is 11.6 Å². The van der Waals surface area contributed by atoms with Gasteiger partial charge in [0.15, 0.2) is 0 Å². The molecule has 1 aromatic carbocycles. The molecule has 78 valence electrons. The Morgan fingerprint density at radius 3 is 2.43 bits per heavy atom. The predicted molar refractivity (Wildman–Crippen MR) is 54.2 cm³/mol. The Balaban J connectivity index is 3.31. The standard InChI is InChI=1S/C10H11BrF2O/c1-10(2,5-14)6-3-4-7(12)8(11)9(6)13/h3-4,14H,5H2,1-2H3. The minimum atomic E-state index is -0.708. The summed E-state index contributed by atoms with van der Waals surface area (Å²) in [7, 11) is 0. The van der Waals surface area contributed by atoms with E-state index in [9.17, 15) is 8.78 Å². The first kappa shape index (κ1) is 11.6. The van der Waals surface area contributed by atoms with E-state index in [-0.39, 0.29) is 11.1 Å². The Morgan fingerprint density at radius 2 is 1.93 bits per heavy atom. The summed E-state index contributed by atoms with van der Waals surface area (Å²) in [5.74, 6) is -1.29. The quantitative estimate of drug-likeness (QED) is 0.815. The van der Waals surface area contributed by atoms with Crippen LogP contribution in [0, 0.1) is 11.6 Å². The molecule has 0 saturated carbocycles. The number of rotatable bonds is 2. The van der Waals surface area contributed by atoms with Crippen LogP contribution in [0.15, 0.2) is 16.6 Å². The van der Waals surface area contributed by atoms with E-state index in [2.05, 4.69) is 15.9 Å². The van der Waals surface area contributed by atoms with Crippen molar-refractivity contribution in [2.75, 3.05) is 6.61 Å². The molecule has 1 rings (SSSR count). The summed E-state index contributed by atoms with van der Waals surface area (Å²) in [6.07, 6.45) is 0. The molecule has 0 heterocycles. The van der Waals surface area contributed by atoms with E-state index in [0.717, 1.165) is 0 Å². The molecule has 4 heteroatoms. The summed E-state index contributed by atoms with van der Waals surface area (Å²) >= 11 is 2.82. The van der Waals surface area contributed by atoms with Crippen molar-refractivity contribution in [1.29, 1.82) is 0 Å². The third kappa shape index (κ3) is 1.96. The molecule has 0 fully saturated rings. The summed E-state index contributed by atoms with van der Waals surface area (Å²) in [6.45, 7) is 3.19. The van der Waals surface area contributed by atoms with Gasteiger partial charge in [0.2, 0.25) is 0 Å². The Labute approximate surface area is 89.9 Å². The zero-order valence-electron chi connectivity index (χ0n) is 7.94. The summed E-state index contributed by atoms with van der Waals surface area (Å²) in [6, 6.07) is 2.53. The van der Waals surface area contributed by atoms with Gasteiger partial charge in [-0.15, -0.1) is 0 Å². The first-order chi connectivity index (χ1) is 6.40. The summed E-state index contributed by atoms with van der Waals surface area (Å²) in [5, 5.41) is 9.06. The number of halogens is 3. The maximum Gasteiger partial charge on any atom is 0.144 e. The molecule has 0 spiro atoms. The van der Waals surface area contributed by atoms with Gasteiger partial charge in [-0.3, -0.25) is 0 Å². The molecule has 0 unspecified atom stereocenters. The molecular weight excluding hydrogens is 254 g/mol. The maximum absolute atomic E-state index is 13.5. The SMILES string of the molecule is CC(C)(CO)c1ccc(F)c(Br)c1F.